The monoisotopic (exact) mass is 280 g/mol. The van der Waals surface area contributed by atoms with Gasteiger partial charge in [0.15, 0.2) is 0 Å². The number of hydrogen-bond acceptors (Lipinski definition) is 4. The summed E-state index contributed by atoms with van der Waals surface area (Å²) in [5.74, 6) is 1.52. The molecule has 0 spiro atoms. The van der Waals surface area contributed by atoms with Crippen LogP contribution in [0, 0.1) is 23.7 Å². The molecule has 2 aliphatic heterocycles. The highest BCUT2D eigenvalue weighted by Gasteiger charge is 2.50. The third kappa shape index (κ3) is 2.37. The standard InChI is InChI=1S/C16H24O4/c1-8-3-12-14(19-12)5-10(8)7-18-16(17)11-6-15-13(20-15)4-9(11)2/h8-15H,3-7H2,1-2H3/t8-,9-,10-,11-,12+,13-,14-,15+/m1/s1. The molecule has 8 atom stereocenters. The Morgan fingerprint density at radius 2 is 1.55 bits per heavy atom. The quantitative estimate of drug-likeness (QED) is 0.587. The SMILES string of the molecule is C[C@@H]1C[C@@H]2O[C@@H]2C[C@@H]1COC(=O)[C@@H]1C[C@@H]2O[C@@H]2C[C@H]1C. The molecule has 2 saturated heterocycles. The third-order valence-corrected chi connectivity index (χ3v) is 5.84. The van der Waals surface area contributed by atoms with Gasteiger partial charge in [-0.1, -0.05) is 13.8 Å². The van der Waals surface area contributed by atoms with E-state index in [1.807, 2.05) is 0 Å². The van der Waals surface area contributed by atoms with E-state index >= 15 is 0 Å². The van der Waals surface area contributed by atoms with Crippen LogP contribution in [0.15, 0.2) is 0 Å². The summed E-state index contributed by atoms with van der Waals surface area (Å²) in [7, 11) is 0. The summed E-state index contributed by atoms with van der Waals surface area (Å²) in [6.45, 7) is 4.97. The van der Waals surface area contributed by atoms with E-state index in [2.05, 4.69) is 13.8 Å². The van der Waals surface area contributed by atoms with Crippen molar-refractivity contribution in [2.45, 2.75) is 63.9 Å². The molecule has 0 aromatic heterocycles. The lowest BCUT2D eigenvalue weighted by Gasteiger charge is -2.28. The molecule has 0 unspecified atom stereocenters. The Morgan fingerprint density at radius 3 is 2.30 bits per heavy atom. The fourth-order valence-electron chi connectivity index (χ4n) is 4.15. The number of hydrogen-bond donors (Lipinski definition) is 0. The van der Waals surface area contributed by atoms with Gasteiger partial charge >= 0.3 is 5.97 Å². The van der Waals surface area contributed by atoms with Gasteiger partial charge in [0, 0.05) is 0 Å². The summed E-state index contributed by atoms with van der Waals surface area (Å²) >= 11 is 0. The minimum atomic E-state index is -0.00233. The number of esters is 1. The minimum Gasteiger partial charge on any atom is -0.465 e. The van der Waals surface area contributed by atoms with E-state index < -0.39 is 0 Å². The number of epoxide rings is 2. The lowest BCUT2D eigenvalue weighted by Crippen LogP contribution is -2.33. The average Bonchev–Trinajstić information content (AvgIpc) is 3.29. The summed E-state index contributed by atoms with van der Waals surface area (Å²) in [6, 6.07) is 0. The predicted molar refractivity (Wildman–Crippen MR) is 72.1 cm³/mol. The molecule has 0 bridgehead atoms. The topological polar surface area (TPSA) is 51.4 Å². The highest BCUT2D eigenvalue weighted by atomic mass is 16.6. The zero-order valence-electron chi connectivity index (χ0n) is 12.3. The number of carbonyl (C=O) groups excluding carboxylic acids is 1. The molecule has 0 N–H and O–H groups in total. The zero-order chi connectivity index (χ0) is 13.9. The minimum absolute atomic E-state index is 0.00233. The van der Waals surface area contributed by atoms with Gasteiger partial charge in [-0.05, 0) is 43.4 Å². The first-order chi connectivity index (χ1) is 9.61. The molecule has 4 nitrogen and oxygen atoms in total. The normalized spacial score (nSPS) is 52.7. The largest absolute Gasteiger partial charge is 0.465 e. The van der Waals surface area contributed by atoms with Crippen LogP contribution in [0.3, 0.4) is 0 Å². The zero-order valence-corrected chi connectivity index (χ0v) is 12.3. The Hall–Kier alpha value is -0.610. The second-order valence-corrected chi connectivity index (χ2v) is 7.32. The number of fused-ring (bicyclic) bond motifs is 2. The van der Waals surface area contributed by atoms with Crippen molar-refractivity contribution in [2.24, 2.45) is 23.7 Å². The smallest absolute Gasteiger partial charge is 0.309 e. The van der Waals surface area contributed by atoms with Crippen molar-refractivity contribution in [2.75, 3.05) is 6.61 Å². The maximum atomic E-state index is 12.3. The molecule has 4 rings (SSSR count). The second kappa shape index (κ2) is 4.70. The molecular weight excluding hydrogens is 256 g/mol. The predicted octanol–water partition coefficient (Wildman–Crippen LogP) is 2.16. The van der Waals surface area contributed by atoms with Gasteiger partial charge in [0.25, 0.3) is 0 Å². The van der Waals surface area contributed by atoms with Gasteiger partial charge in [-0.2, -0.15) is 0 Å². The summed E-state index contributed by atoms with van der Waals surface area (Å²) < 4.78 is 16.8. The average molecular weight is 280 g/mol. The molecular formula is C16H24O4. The first-order valence-electron chi connectivity index (χ1n) is 8.09. The van der Waals surface area contributed by atoms with Crippen LogP contribution in [0.25, 0.3) is 0 Å². The molecule has 20 heavy (non-hydrogen) atoms. The summed E-state index contributed by atoms with van der Waals surface area (Å²) in [5.41, 5.74) is 0. The number of rotatable bonds is 3. The van der Waals surface area contributed by atoms with Crippen LogP contribution >= 0.6 is 0 Å². The van der Waals surface area contributed by atoms with Crippen LogP contribution in [-0.4, -0.2) is 37.0 Å². The van der Waals surface area contributed by atoms with E-state index in [1.165, 1.54) is 0 Å². The van der Waals surface area contributed by atoms with Gasteiger partial charge < -0.3 is 14.2 Å². The highest BCUT2D eigenvalue weighted by Crippen LogP contribution is 2.44. The Kier molecular flexibility index (Phi) is 3.08. The number of carbonyl (C=O) groups is 1. The van der Waals surface area contributed by atoms with Crippen molar-refractivity contribution in [3.8, 4) is 0 Å². The first kappa shape index (κ1) is 13.1. The molecule has 2 heterocycles. The summed E-state index contributed by atoms with van der Waals surface area (Å²) in [6.07, 6.45) is 5.77. The molecule has 0 aromatic carbocycles. The fourth-order valence-corrected chi connectivity index (χ4v) is 4.15. The van der Waals surface area contributed by atoms with Crippen LogP contribution in [0.5, 0.6) is 0 Å². The Bertz CT molecular complexity index is 409. The van der Waals surface area contributed by atoms with Crippen molar-refractivity contribution in [3.63, 3.8) is 0 Å². The van der Waals surface area contributed by atoms with E-state index in [4.69, 9.17) is 14.2 Å². The van der Waals surface area contributed by atoms with E-state index in [0.717, 1.165) is 25.7 Å². The maximum absolute atomic E-state index is 12.3. The van der Waals surface area contributed by atoms with Crippen molar-refractivity contribution in [1.29, 1.82) is 0 Å². The van der Waals surface area contributed by atoms with Gasteiger partial charge in [0.1, 0.15) is 0 Å². The Balaban J connectivity index is 1.29. The van der Waals surface area contributed by atoms with Gasteiger partial charge in [0.2, 0.25) is 0 Å². The lowest BCUT2D eigenvalue weighted by molar-refractivity contribution is -0.153. The third-order valence-electron chi connectivity index (χ3n) is 5.84. The van der Waals surface area contributed by atoms with Crippen LogP contribution in [0.4, 0.5) is 0 Å². The maximum Gasteiger partial charge on any atom is 0.309 e. The lowest BCUT2D eigenvalue weighted by atomic mass is 9.80. The van der Waals surface area contributed by atoms with Crippen molar-refractivity contribution < 1.29 is 19.0 Å². The van der Waals surface area contributed by atoms with Crippen molar-refractivity contribution in [3.05, 3.63) is 0 Å². The highest BCUT2D eigenvalue weighted by molar-refractivity contribution is 5.73. The van der Waals surface area contributed by atoms with Gasteiger partial charge in [-0.25, -0.2) is 0 Å². The van der Waals surface area contributed by atoms with Gasteiger partial charge in [-0.15, -0.1) is 0 Å². The van der Waals surface area contributed by atoms with Crippen molar-refractivity contribution >= 4 is 5.97 Å². The van der Waals surface area contributed by atoms with Gasteiger partial charge in [0.05, 0.1) is 36.9 Å². The summed E-state index contributed by atoms with van der Waals surface area (Å²) in [4.78, 5) is 12.3. The molecule has 4 heteroatoms. The molecule has 2 saturated carbocycles. The molecule has 4 aliphatic rings. The molecule has 0 aromatic rings. The number of ether oxygens (including phenoxy) is 3. The van der Waals surface area contributed by atoms with Crippen LogP contribution in [0.2, 0.25) is 0 Å². The summed E-state index contributed by atoms with van der Waals surface area (Å²) in [5, 5.41) is 0. The molecule has 0 radical (unpaired) electrons. The van der Waals surface area contributed by atoms with E-state index in [-0.39, 0.29) is 11.9 Å². The van der Waals surface area contributed by atoms with E-state index in [0.29, 0.717) is 48.8 Å². The fraction of sp³-hybridized carbons (Fsp3) is 0.938. The first-order valence-corrected chi connectivity index (χ1v) is 8.09. The van der Waals surface area contributed by atoms with Crippen molar-refractivity contribution in [1.82, 2.24) is 0 Å². The van der Waals surface area contributed by atoms with Crippen LogP contribution in [0.1, 0.15) is 39.5 Å². The molecule has 4 fully saturated rings. The molecule has 2 aliphatic carbocycles. The molecule has 0 amide bonds. The second-order valence-electron chi connectivity index (χ2n) is 7.32. The van der Waals surface area contributed by atoms with Crippen LogP contribution in [-0.2, 0) is 19.0 Å². The molecule has 112 valence electrons. The van der Waals surface area contributed by atoms with E-state index in [9.17, 15) is 4.79 Å². The van der Waals surface area contributed by atoms with Gasteiger partial charge in [-0.3, -0.25) is 4.79 Å². The Labute approximate surface area is 120 Å². The van der Waals surface area contributed by atoms with E-state index in [1.54, 1.807) is 0 Å². The van der Waals surface area contributed by atoms with Crippen LogP contribution < -0.4 is 0 Å². The Morgan fingerprint density at radius 1 is 0.950 bits per heavy atom.